The number of nitrogens with zero attached hydrogens (tertiary/aromatic N) is 7. The van der Waals surface area contributed by atoms with Crippen LogP contribution in [-0.2, 0) is 16.0 Å². The molecule has 2 aromatic heterocycles. The molecule has 4 aliphatic rings. The van der Waals surface area contributed by atoms with Gasteiger partial charge in [-0.05, 0) is 42.8 Å². The van der Waals surface area contributed by atoms with Crippen molar-refractivity contribution in [1.29, 1.82) is 0 Å². The molecule has 0 N–H and O–H groups in total. The minimum atomic E-state index is -0.406. The van der Waals surface area contributed by atoms with Gasteiger partial charge in [-0.15, -0.1) is 10.2 Å². The predicted molar refractivity (Wildman–Crippen MR) is 132 cm³/mol. The quantitative estimate of drug-likeness (QED) is 0.515. The Morgan fingerprint density at radius 1 is 1.14 bits per heavy atom. The van der Waals surface area contributed by atoms with E-state index in [0.717, 1.165) is 49.2 Å². The zero-order valence-corrected chi connectivity index (χ0v) is 20.9. The molecule has 3 saturated heterocycles. The summed E-state index contributed by atoms with van der Waals surface area (Å²) < 4.78 is 26.1. The fourth-order valence-corrected chi connectivity index (χ4v) is 5.85. The van der Waals surface area contributed by atoms with Crippen LogP contribution in [0.1, 0.15) is 24.4 Å². The summed E-state index contributed by atoms with van der Waals surface area (Å²) in [4.78, 5) is 23.3. The Labute approximate surface area is 217 Å². The number of hydrogen-bond donors (Lipinski definition) is 0. The highest BCUT2D eigenvalue weighted by molar-refractivity contribution is 6.30. The summed E-state index contributed by atoms with van der Waals surface area (Å²) in [6.07, 6.45) is 0.624. The number of fused-ring (bicyclic) bond motifs is 3. The first-order chi connectivity index (χ1) is 17.9. The van der Waals surface area contributed by atoms with Crippen LogP contribution in [0.5, 0.6) is 0 Å². The summed E-state index contributed by atoms with van der Waals surface area (Å²) in [5.74, 6) is 1.88. The molecule has 10 nitrogen and oxygen atoms in total. The van der Waals surface area contributed by atoms with E-state index in [1.165, 1.54) is 12.3 Å². The Morgan fingerprint density at radius 2 is 1.92 bits per heavy atom. The molecule has 1 aromatic carbocycles. The third-order valence-corrected chi connectivity index (χ3v) is 7.90. The highest BCUT2D eigenvalue weighted by atomic mass is 35.5. The van der Waals surface area contributed by atoms with Gasteiger partial charge in [-0.3, -0.25) is 9.47 Å². The monoisotopic (exact) mass is 525 g/mol. The SMILES string of the molecule is CC1c2nnc(N3CC4(CN(c5ccc(F)cn5)C4)C3)n2-c2ccc(Cl)cc2CN1C(=O)OC1COC1. The second-order valence-electron chi connectivity index (χ2n) is 10.4. The number of halogens is 2. The lowest BCUT2D eigenvalue weighted by molar-refractivity contribution is -0.106. The van der Waals surface area contributed by atoms with Crippen molar-refractivity contribution < 1.29 is 18.7 Å². The molecule has 1 atom stereocenters. The van der Waals surface area contributed by atoms with Crippen molar-refractivity contribution in [3.8, 4) is 5.69 Å². The lowest BCUT2D eigenvalue weighted by atomic mass is 9.73. The van der Waals surface area contributed by atoms with E-state index in [4.69, 9.17) is 21.1 Å². The van der Waals surface area contributed by atoms with Gasteiger partial charge in [0.25, 0.3) is 0 Å². The number of rotatable bonds is 3. The van der Waals surface area contributed by atoms with E-state index in [2.05, 4.69) is 25.0 Å². The summed E-state index contributed by atoms with van der Waals surface area (Å²) in [6.45, 7) is 6.49. The van der Waals surface area contributed by atoms with E-state index >= 15 is 0 Å². The molecule has 1 unspecified atom stereocenters. The van der Waals surface area contributed by atoms with Crippen molar-refractivity contribution in [3.63, 3.8) is 0 Å². The first kappa shape index (κ1) is 22.7. The molecule has 37 heavy (non-hydrogen) atoms. The minimum Gasteiger partial charge on any atom is -0.441 e. The third kappa shape index (κ3) is 3.71. The molecule has 3 aromatic rings. The molecular formula is C25H25ClFN7O3. The summed E-state index contributed by atoms with van der Waals surface area (Å²) in [5, 5.41) is 9.70. The maximum atomic E-state index is 13.2. The van der Waals surface area contributed by atoms with Gasteiger partial charge in [0.15, 0.2) is 11.9 Å². The van der Waals surface area contributed by atoms with Gasteiger partial charge in [-0.1, -0.05) is 11.6 Å². The van der Waals surface area contributed by atoms with Gasteiger partial charge < -0.3 is 19.3 Å². The summed E-state index contributed by atoms with van der Waals surface area (Å²) in [6, 6.07) is 8.48. The van der Waals surface area contributed by atoms with Gasteiger partial charge in [0.05, 0.1) is 37.7 Å². The highest BCUT2D eigenvalue weighted by Gasteiger charge is 2.53. The highest BCUT2D eigenvalue weighted by Crippen LogP contribution is 2.44. The molecule has 0 bridgehead atoms. The van der Waals surface area contributed by atoms with E-state index in [1.807, 2.05) is 29.7 Å². The van der Waals surface area contributed by atoms with Crippen LogP contribution in [0.3, 0.4) is 0 Å². The number of hydrogen-bond acceptors (Lipinski definition) is 8. The topological polar surface area (TPSA) is 88.9 Å². The first-order valence-corrected chi connectivity index (χ1v) is 12.7. The second-order valence-corrected chi connectivity index (χ2v) is 10.8. The lowest BCUT2D eigenvalue weighted by Crippen LogP contribution is -2.73. The molecule has 0 radical (unpaired) electrons. The van der Waals surface area contributed by atoms with Crippen LogP contribution in [0.2, 0.25) is 5.02 Å². The Bertz CT molecular complexity index is 1370. The van der Waals surface area contributed by atoms with Crippen LogP contribution in [0.25, 0.3) is 5.69 Å². The zero-order valence-electron chi connectivity index (χ0n) is 20.2. The molecule has 1 spiro atoms. The second kappa shape index (κ2) is 8.29. The van der Waals surface area contributed by atoms with E-state index in [-0.39, 0.29) is 23.4 Å². The zero-order chi connectivity index (χ0) is 25.3. The number of ether oxygens (including phenoxy) is 2. The maximum Gasteiger partial charge on any atom is 0.411 e. The molecule has 12 heteroatoms. The van der Waals surface area contributed by atoms with E-state index in [1.54, 1.807) is 11.0 Å². The summed E-state index contributed by atoms with van der Waals surface area (Å²) >= 11 is 6.36. The van der Waals surface area contributed by atoms with Gasteiger partial charge in [-0.2, -0.15) is 0 Å². The Morgan fingerprint density at radius 3 is 2.62 bits per heavy atom. The van der Waals surface area contributed by atoms with Crippen molar-refractivity contribution in [3.05, 3.63) is 58.8 Å². The van der Waals surface area contributed by atoms with Gasteiger partial charge in [-0.25, -0.2) is 14.2 Å². The van der Waals surface area contributed by atoms with E-state index in [0.29, 0.717) is 30.6 Å². The predicted octanol–water partition coefficient (Wildman–Crippen LogP) is 3.19. The number of benzene rings is 1. The molecule has 0 saturated carbocycles. The number of anilines is 2. The number of amides is 1. The van der Waals surface area contributed by atoms with Gasteiger partial charge in [0, 0.05) is 36.6 Å². The van der Waals surface area contributed by atoms with Crippen molar-refractivity contribution >= 4 is 29.5 Å². The van der Waals surface area contributed by atoms with Crippen molar-refractivity contribution in [1.82, 2.24) is 24.6 Å². The summed E-state index contributed by atoms with van der Waals surface area (Å²) in [5.41, 5.74) is 1.94. The molecular weight excluding hydrogens is 501 g/mol. The molecule has 1 amide bonds. The van der Waals surface area contributed by atoms with Crippen LogP contribution < -0.4 is 9.80 Å². The fraction of sp³-hybridized carbons (Fsp3) is 0.440. The Kier molecular flexibility index (Phi) is 5.09. The number of aromatic nitrogens is 4. The molecule has 192 valence electrons. The fourth-order valence-electron chi connectivity index (χ4n) is 5.65. The van der Waals surface area contributed by atoms with Crippen molar-refractivity contribution in [2.75, 3.05) is 49.2 Å². The molecule has 7 rings (SSSR count). The van der Waals surface area contributed by atoms with Crippen LogP contribution in [0.15, 0.2) is 36.5 Å². The first-order valence-electron chi connectivity index (χ1n) is 12.3. The van der Waals surface area contributed by atoms with Gasteiger partial charge >= 0.3 is 6.09 Å². The molecule has 3 fully saturated rings. The average Bonchev–Trinajstić information content (AvgIpc) is 3.18. The number of carbonyl (C=O) groups is 1. The Balaban J connectivity index is 1.15. The normalized spacial score (nSPS) is 21.9. The third-order valence-electron chi connectivity index (χ3n) is 7.67. The Hall–Kier alpha value is -3.44. The van der Waals surface area contributed by atoms with E-state index in [9.17, 15) is 9.18 Å². The molecule has 6 heterocycles. The van der Waals surface area contributed by atoms with Crippen LogP contribution >= 0.6 is 11.6 Å². The minimum absolute atomic E-state index is 0.141. The lowest BCUT2D eigenvalue weighted by Gasteiger charge is -2.60. The molecule has 0 aliphatic carbocycles. The van der Waals surface area contributed by atoms with Crippen LogP contribution in [0, 0.1) is 11.2 Å². The summed E-state index contributed by atoms with van der Waals surface area (Å²) in [7, 11) is 0. The van der Waals surface area contributed by atoms with Crippen LogP contribution in [0.4, 0.5) is 21.0 Å². The van der Waals surface area contributed by atoms with Crippen LogP contribution in [-0.4, -0.2) is 76.2 Å². The molecule has 4 aliphatic heterocycles. The number of pyridine rings is 1. The number of carbonyl (C=O) groups excluding carboxylic acids is 1. The van der Waals surface area contributed by atoms with E-state index < -0.39 is 6.09 Å². The largest absolute Gasteiger partial charge is 0.441 e. The van der Waals surface area contributed by atoms with Gasteiger partial charge in [0.1, 0.15) is 11.6 Å². The van der Waals surface area contributed by atoms with Crippen molar-refractivity contribution in [2.45, 2.75) is 25.6 Å². The standard InChI is InChI=1S/C25H25ClFN7O3/c1-15-22-29-30-23(32-13-25(14-32)11-31(12-25)21-5-3-18(27)7-28-21)34(22)20-4-2-17(26)6-16(20)8-33(15)24(35)37-19-9-36-10-19/h2-7,15,19H,8-14H2,1H3. The smallest absolute Gasteiger partial charge is 0.411 e. The van der Waals surface area contributed by atoms with Crippen molar-refractivity contribution in [2.24, 2.45) is 5.41 Å². The average molecular weight is 526 g/mol. The van der Waals surface area contributed by atoms with Gasteiger partial charge in [0.2, 0.25) is 5.95 Å². The maximum absolute atomic E-state index is 13.2.